The minimum Gasteiger partial charge on any atom is -0.445 e. The number of para-hydroxylation sites is 1. The fraction of sp³-hybridized carbons (Fsp3) is 0.241. The van der Waals surface area contributed by atoms with Crippen LogP contribution < -0.4 is 21.3 Å². The monoisotopic (exact) mass is 530 g/mol. The highest BCUT2D eigenvalue weighted by Gasteiger charge is 2.48. The summed E-state index contributed by atoms with van der Waals surface area (Å²) in [5.74, 6) is -1.99. The summed E-state index contributed by atoms with van der Waals surface area (Å²) in [6, 6.07) is 22.4. The zero-order chi connectivity index (χ0) is 27.8. The molecule has 3 aromatic rings. The third-order valence-corrected chi connectivity index (χ3v) is 6.38. The topological polar surface area (TPSA) is 146 Å². The maximum Gasteiger partial charge on any atom is 0.408 e. The van der Waals surface area contributed by atoms with Gasteiger partial charge in [-0.1, -0.05) is 78.9 Å². The molecule has 10 heteroatoms. The quantitative estimate of drug-likeness (QED) is 0.272. The molecule has 0 saturated carbocycles. The molecule has 0 radical (unpaired) electrons. The van der Waals surface area contributed by atoms with Crippen molar-refractivity contribution in [2.45, 2.75) is 44.2 Å². The first-order valence-corrected chi connectivity index (χ1v) is 12.5. The molecule has 5 N–H and O–H groups in total. The number of hydrogen-bond donors (Lipinski definition) is 5. The van der Waals surface area contributed by atoms with Crippen LogP contribution in [-0.2, 0) is 37.9 Å². The average molecular weight is 531 g/mol. The van der Waals surface area contributed by atoms with Crippen LogP contribution in [-0.4, -0.2) is 41.0 Å². The van der Waals surface area contributed by atoms with Crippen LogP contribution in [0.15, 0.2) is 84.9 Å². The molecule has 3 aromatic carbocycles. The number of aliphatic hydroxyl groups is 1. The maximum atomic E-state index is 13.2. The Morgan fingerprint density at radius 1 is 0.872 bits per heavy atom. The zero-order valence-electron chi connectivity index (χ0n) is 21.3. The van der Waals surface area contributed by atoms with Crippen molar-refractivity contribution >= 4 is 29.5 Å². The predicted octanol–water partition coefficient (Wildman–Crippen LogP) is 2.33. The molecular weight excluding hydrogens is 500 g/mol. The average Bonchev–Trinajstić information content (AvgIpc) is 3.20. The molecule has 0 aromatic heterocycles. The summed E-state index contributed by atoms with van der Waals surface area (Å²) in [7, 11) is 0. The second kappa shape index (κ2) is 12.2. The second-order valence-electron chi connectivity index (χ2n) is 9.26. The van der Waals surface area contributed by atoms with Gasteiger partial charge in [-0.2, -0.15) is 0 Å². The number of rotatable bonds is 10. The van der Waals surface area contributed by atoms with Gasteiger partial charge in [-0.3, -0.25) is 14.4 Å². The molecule has 0 saturated heterocycles. The van der Waals surface area contributed by atoms with E-state index >= 15 is 0 Å². The molecule has 0 spiro atoms. The number of amides is 4. The highest BCUT2D eigenvalue weighted by atomic mass is 16.5. The van der Waals surface area contributed by atoms with Crippen LogP contribution >= 0.6 is 0 Å². The summed E-state index contributed by atoms with van der Waals surface area (Å²) >= 11 is 0. The third-order valence-electron chi connectivity index (χ3n) is 6.38. The number of carbonyl (C=O) groups excluding carboxylic acids is 4. The fourth-order valence-electron chi connectivity index (χ4n) is 4.22. The Labute approximate surface area is 225 Å². The van der Waals surface area contributed by atoms with E-state index in [-0.39, 0.29) is 13.2 Å². The lowest BCUT2D eigenvalue weighted by molar-refractivity contribution is -0.139. The van der Waals surface area contributed by atoms with E-state index in [1.54, 1.807) is 36.4 Å². The molecule has 4 rings (SSSR count). The summed E-state index contributed by atoms with van der Waals surface area (Å²) in [6.07, 6.45) is -1.23. The Kier molecular flexibility index (Phi) is 8.57. The van der Waals surface area contributed by atoms with Crippen LogP contribution in [0, 0.1) is 0 Å². The minimum atomic E-state index is -2.05. The lowest BCUT2D eigenvalue weighted by atomic mass is 9.88. The summed E-state index contributed by atoms with van der Waals surface area (Å²) in [4.78, 5) is 51.2. The van der Waals surface area contributed by atoms with Crippen LogP contribution in [0.25, 0.3) is 0 Å². The molecule has 1 heterocycles. The van der Waals surface area contributed by atoms with Gasteiger partial charge in [0, 0.05) is 24.2 Å². The number of alkyl carbamates (subject to hydrolysis) is 1. The predicted molar refractivity (Wildman–Crippen MR) is 143 cm³/mol. The first-order valence-electron chi connectivity index (χ1n) is 12.5. The van der Waals surface area contributed by atoms with Crippen molar-refractivity contribution in [1.29, 1.82) is 0 Å². The van der Waals surface area contributed by atoms with Gasteiger partial charge in [0.25, 0.3) is 5.91 Å². The SMILES string of the molecule is C[C@H](NC(=O)OCc1ccccc1)C(=O)N[C@@H](C[C@]1(O)C(=O)Nc2ccccc21)C(=O)NCc1ccccc1. The van der Waals surface area contributed by atoms with Crippen molar-refractivity contribution in [2.75, 3.05) is 5.32 Å². The standard InChI is InChI=1S/C29H30N4O6/c1-19(31-28(37)39-18-21-12-6-3-7-13-21)25(34)32-24(26(35)30-17-20-10-4-2-5-11-20)16-29(38)22-14-8-9-15-23(22)33-27(29)36/h2-15,19,24,38H,16-18H2,1H3,(H,30,35)(H,31,37)(H,32,34)(H,33,36)/t19-,24-,29+/m0/s1. The molecule has 0 aliphatic carbocycles. The second-order valence-corrected chi connectivity index (χ2v) is 9.26. The molecule has 0 bridgehead atoms. The summed E-state index contributed by atoms with van der Waals surface area (Å²) < 4.78 is 5.16. The lowest BCUT2D eigenvalue weighted by Crippen LogP contribution is -2.55. The van der Waals surface area contributed by atoms with Crippen molar-refractivity contribution in [3.05, 3.63) is 102 Å². The van der Waals surface area contributed by atoms with E-state index in [1.165, 1.54) is 6.92 Å². The highest BCUT2D eigenvalue weighted by Crippen LogP contribution is 2.38. The molecule has 39 heavy (non-hydrogen) atoms. The summed E-state index contributed by atoms with van der Waals surface area (Å²) in [5.41, 5.74) is 0.291. The van der Waals surface area contributed by atoms with Gasteiger partial charge in [0.15, 0.2) is 5.60 Å². The molecule has 0 fully saturated rings. The van der Waals surface area contributed by atoms with Crippen molar-refractivity contribution in [2.24, 2.45) is 0 Å². The van der Waals surface area contributed by atoms with Crippen molar-refractivity contribution in [3.8, 4) is 0 Å². The van der Waals surface area contributed by atoms with Gasteiger partial charge in [-0.15, -0.1) is 0 Å². The number of anilines is 1. The van der Waals surface area contributed by atoms with Gasteiger partial charge in [0.2, 0.25) is 11.8 Å². The largest absolute Gasteiger partial charge is 0.445 e. The minimum absolute atomic E-state index is 0.0209. The fourth-order valence-corrected chi connectivity index (χ4v) is 4.22. The van der Waals surface area contributed by atoms with Gasteiger partial charge in [0.05, 0.1) is 0 Å². The van der Waals surface area contributed by atoms with Crippen molar-refractivity contribution < 1.29 is 29.0 Å². The summed E-state index contributed by atoms with van der Waals surface area (Å²) in [6.45, 7) is 1.63. The number of carbonyl (C=O) groups is 4. The van der Waals surface area contributed by atoms with Crippen LogP contribution in [0.5, 0.6) is 0 Å². The lowest BCUT2D eigenvalue weighted by Gasteiger charge is -2.28. The first-order chi connectivity index (χ1) is 18.8. The van der Waals surface area contributed by atoms with E-state index in [9.17, 15) is 24.3 Å². The Bertz CT molecular complexity index is 1330. The molecular formula is C29H30N4O6. The first kappa shape index (κ1) is 27.3. The van der Waals surface area contributed by atoms with E-state index in [0.29, 0.717) is 11.3 Å². The normalized spacial score (nSPS) is 17.2. The van der Waals surface area contributed by atoms with Gasteiger partial charge in [-0.25, -0.2) is 4.79 Å². The van der Waals surface area contributed by atoms with Crippen LogP contribution in [0.2, 0.25) is 0 Å². The molecule has 3 atom stereocenters. The molecule has 1 aliphatic heterocycles. The molecule has 1 aliphatic rings. The Balaban J connectivity index is 1.44. The Morgan fingerprint density at radius 3 is 2.18 bits per heavy atom. The van der Waals surface area contributed by atoms with Crippen molar-refractivity contribution in [3.63, 3.8) is 0 Å². The van der Waals surface area contributed by atoms with Gasteiger partial charge < -0.3 is 31.1 Å². The smallest absolute Gasteiger partial charge is 0.408 e. The number of benzene rings is 3. The number of nitrogens with one attached hydrogen (secondary N) is 4. The van der Waals surface area contributed by atoms with Crippen molar-refractivity contribution in [1.82, 2.24) is 16.0 Å². The Morgan fingerprint density at radius 2 is 1.49 bits per heavy atom. The molecule has 0 unspecified atom stereocenters. The number of ether oxygens (including phenoxy) is 1. The third kappa shape index (κ3) is 6.79. The van der Waals surface area contributed by atoms with E-state index in [2.05, 4.69) is 21.3 Å². The van der Waals surface area contributed by atoms with E-state index in [0.717, 1.165) is 11.1 Å². The van der Waals surface area contributed by atoms with E-state index < -0.39 is 47.9 Å². The molecule has 202 valence electrons. The van der Waals surface area contributed by atoms with Gasteiger partial charge >= 0.3 is 6.09 Å². The van der Waals surface area contributed by atoms with Gasteiger partial charge in [-0.05, 0) is 24.1 Å². The number of hydrogen-bond acceptors (Lipinski definition) is 6. The Hall–Kier alpha value is -4.70. The van der Waals surface area contributed by atoms with E-state index in [1.807, 2.05) is 48.5 Å². The summed E-state index contributed by atoms with van der Waals surface area (Å²) in [5, 5.41) is 21.7. The van der Waals surface area contributed by atoms with Crippen LogP contribution in [0.3, 0.4) is 0 Å². The van der Waals surface area contributed by atoms with Crippen LogP contribution in [0.4, 0.5) is 10.5 Å². The van der Waals surface area contributed by atoms with E-state index in [4.69, 9.17) is 4.74 Å². The van der Waals surface area contributed by atoms with Gasteiger partial charge in [0.1, 0.15) is 18.7 Å². The van der Waals surface area contributed by atoms with Crippen LogP contribution in [0.1, 0.15) is 30.0 Å². The maximum absolute atomic E-state index is 13.2. The molecule has 10 nitrogen and oxygen atoms in total. The highest BCUT2D eigenvalue weighted by molar-refractivity contribution is 6.05. The zero-order valence-corrected chi connectivity index (χ0v) is 21.3. The molecule has 4 amide bonds. The number of fused-ring (bicyclic) bond motifs is 1.